The fourth-order valence-electron chi connectivity index (χ4n) is 3.76. The third-order valence-electron chi connectivity index (χ3n) is 6.15. The maximum Gasteiger partial charge on any atom is 0.299 e. The molecule has 0 aliphatic rings. The van der Waals surface area contributed by atoms with E-state index in [9.17, 15) is 9.59 Å². The van der Waals surface area contributed by atoms with Crippen molar-refractivity contribution in [3.63, 3.8) is 0 Å². The first-order chi connectivity index (χ1) is 18.2. The van der Waals surface area contributed by atoms with Crippen LogP contribution in [0.25, 0.3) is 5.69 Å². The number of nitrogens with one attached hydrogen (secondary N) is 2. The Morgan fingerprint density at radius 3 is 2.45 bits per heavy atom. The number of hydrogen-bond donors (Lipinski definition) is 2. The van der Waals surface area contributed by atoms with E-state index in [4.69, 9.17) is 16.3 Å². The van der Waals surface area contributed by atoms with Crippen LogP contribution < -0.4 is 20.9 Å². The molecule has 2 N–H and O–H groups in total. The van der Waals surface area contributed by atoms with Crippen molar-refractivity contribution in [1.82, 2.24) is 15.1 Å². The van der Waals surface area contributed by atoms with Gasteiger partial charge in [-0.2, -0.15) is 9.78 Å². The Bertz CT molecular complexity index is 1480. The molecule has 0 fully saturated rings. The summed E-state index contributed by atoms with van der Waals surface area (Å²) in [5.74, 6) is 1.02. The van der Waals surface area contributed by atoms with Gasteiger partial charge >= 0.3 is 0 Å². The van der Waals surface area contributed by atoms with E-state index < -0.39 is 5.56 Å². The summed E-state index contributed by atoms with van der Waals surface area (Å²) in [4.78, 5) is 26.4. The molecule has 0 radical (unpaired) electrons. The molecule has 4 rings (SSSR count). The van der Waals surface area contributed by atoms with Crippen LogP contribution in [0.3, 0.4) is 0 Å². The molecule has 0 aliphatic carbocycles. The molecule has 196 valence electrons. The van der Waals surface area contributed by atoms with Crippen molar-refractivity contribution in [2.24, 2.45) is 0 Å². The minimum absolute atomic E-state index is 0.0475. The summed E-state index contributed by atoms with van der Waals surface area (Å²) in [5.41, 5.74) is 2.47. The summed E-state index contributed by atoms with van der Waals surface area (Å²) in [6.45, 7) is 8.20. The number of ether oxygens (including phenoxy) is 1. The highest BCUT2D eigenvalue weighted by atomic mass is 35.5. The second-order valence-electron chi connectivity index (χ2n) is 9.40. The largest absolute Gasteiger partial charge is 0.453 e. The quantitative estimate of drug-likeness (QED) is 0.241. The minimum atomic E-state index is -0.432. The fraction of sp³-hybridized carbons (Fsp3) is 0.233. The molecule has 3 aromatic carbocycles. The van der Waals surface area contributed by atoms with Crippen molar-refractivity contribution in [3.8, 4) is 17.2 Å². The third-order valence-corrected chi connectivity index (χ3v) is 6.39. The number of nitrogens with zero attached hydrogens (tertiary/aromatic N) is 2. The molecule has 0 aliphatic heterocycles. The predicted molar refractivity (Wildman–Crippen MR) is 152 cm³/mol. The Kier molecular flexibility index (Phi) is 8.48. The molecule has 7 nitrogen and oxygen atoms in total. The molecule has 1 atom stereocenters. The number of aromatic nitrogens is 2. The number of carbonyl (C=O) groups is 1. The molecular formula is C30H31ClN4O3. The number of halogens is 1. The summed E-state index contributed by atoms with van der Waals surface area (Å²) < 4.78 is 7.37. The van der Waals surface area contributed by atoms with Crippen LogP contribution in [0.2, 0.25) is 5.02 Å². The smallest absolute Gasteiger partial charge is 0.299 e. The van der Waals surface area contributed by atoms with E-state index in [2.05, 4.69) is 29.6 Å². The van der Waals surface area contributed by atoms with Crippen molar-refractivity contribution < 1.29 is 9.53 Å². The number of anilines is 2. The number of rotatable bonds is 9. The van der Waals surface area contributed by atoms with E-state index in [1.165, 1.54) is 16.4 Å². The van der Waals surface area contributed by atoms with Gasteiger partial charge in [-0.1, -0.05) is 56.6 Å². The lowest BCUT2D eigenvalue weighted by atomic mass is 10.0. The number of carbonyl (C=O) groups excluding carboxylic acids is 1. The molecule has 0 bridgehead atoms. The summed E-state index contributed by atoms with van der Waals surface area (Å²) in [6, 6.07) is 21.6. The van der Waals surface area contributed by atoms with Crippen LogP contribution in [0.1, 0.15) is 56.0 Å². The Labute approximate surface area is 227 Å². The van der Waals surface area contributed by atoms with E-state index in [0.29, 0.717) is 33.6 Å². The van der Waals surface area contributed by atoms with Crippen molar-refractivity contribution in [2.75, 3.05) is 5.32 Å². The van der Waals surface area contributed by atoms with Crippen LogP contribution in [0.4, 0.5) is 11.4 Å². The van der Waals surface area contributed by atoms with E-state index in [0.717, 1.165) is 6.42 Å². The SMILES string of the molecule is CC[C@@H](C)NC(=O)c1cccc(Nc2c(Oc3ccc(C(C)C)cc3)cnn(-c3cccc(Cl)c3)c2=O)c1. The Hall–Kier alpha value is -4.10. The molecular weight excluding hydrogens is 500 g/mol. The van der Waals surface area contributed by atoms with Crippen molar-refractivity contribution in [2.45, 2.75) is 46.1 Å². The Morgan fingerprint density at radius 1 is 1.03 bits per heavy atom. The molecule has 0 saturated heterocycles. The van der Waals surface area contributed by atoms with Crippen molar-refractivity contribution in [1.29, 1.82) is 0 Å². The zero-order valence-electron chi connectivity index (χ0n) is 21.9. The first-order valence-electron chi connectivity index (χ1n) is 12.6. The molecule has 1 heterocycles. The first kappa shape index (κ1) is 26.9. The van der Waals surface area contributed by atoms with Gasteiger partial charge in [0, 0.05) is 22.3 Å². The van der Waals surface area contributed by atoms with Gasteiger partial charge in [0.15, 0.2) is 11.4 Å². The molecule has 38 heavy (non-hydrogen) atoms. The lowest BCUT2D eigenvalue weighted by Crippen LogP contribution is -2.31. The van der Waals surface area contributed by atoms with Crippen molar-refractivity contribution in [3.05, 3.63) is 105 Å². The van der Waals surface area contributed by atoms with Gasteiger partial charge < -0.3 is 15.4 Å². The van der Waals surface area contributed by atoms with Crippen LogP contribution >= 0.6 is 11.6 Å². The second-order valence-corrected chi connectivity index (χ2v) is 9.83. The number of benzene rings is 3. The van der Waals surface area contributed by atoms with Gasteiger partial charge in [0.2, 0.25) is 0 Å². The number of hydrogen-bond acceptors (Lipinski definition) is 5. The van der Waals surface area contributed by atoms with Crippen molar-refractivity contribution >= 4 is 28.9 Å². The molecule has 0 saturated carbocycles. The molecule has 1 aromatic heterocycles. The summed E-state index contributed by atoms with van der Waals surface area (Å²) in [5, 5.41) is 10.9. The summed E-state index contributed by atoms with van der Waals surface area (Å²) >= 11 is 6.16. The molecule has 8 heteroatoms. The summed E-state index contributed by atoms with van der Waals surface area (Å²) in [7, 11) is 0. The van der Waals surface area contributed by atoms with Gasteiger partial charge in [-0.25, -0.2) is 0 Å². The zero-order valence-corrected chi connectivity index (χ0v) is 22.6. The van der Waals surface area contributed by atoms with E-state index in [1.54, 1.807) is 48.5 Å². The topological polar surface area (TPSA) is 85.2 Å². The molecule has 0 unspecified atom stereocenters. The Balaban J connectivity index is 1.73. The molecule has 0 spiro atoms. The fourth-order valence-corrected chi connectivity index (χ4v) is 3.95. The van der Waals surface area contributed by atoms with E-state index >= 15 is 0 Å². The molecule has 1 amide bonds. The average molecular weight is 531 g/mol. The van der Waals surface area contributed by atoms with Gasteiger partial charge in [0.25, 0.3) is 11.5 Å². The highest BCUT2D eigenvalue weighted by Gasteiger charge is 2.17. The standard InChI is InChI=1S/C30H31ClN4O3/c1-5-20(4)33-29(36)22-8-6-10-24(16-22)34-28-27(38-26-14-12-21(13-15-26)19(2)3)18-32-35(30(28)37)25-11-7-9-23(31)17-25/h6-20,34H,5H2,1-4H3,(H,33,36)/t20-/m1/s1. The maximum absolute atomic E-state index is 13.7. The van der Waals surface area contributed by atoms with Gasteiger partial charge in [-0.15, -0.1) is 0 Å². The first-order valence-corrected chi connectivity index (χ1v) is 13.0. The highest BCUT2D eigenvalue weighted by Crippen LogP contribution is 2.30. The van der Waals surface area contributed by atoms with Gasteiger partial charge in [0.1, 0.15) is 5.75 Å². The van der Waals surface area contributed by atoms with E-state index in [-0.39, 0.29) is 23.4 Å². The van der Waals surface area contributed by atoms with Gasteiger partial charge in [0.05, 0.1) is 11.9 Å². The lowest BCUT2D eigenvalue weighted by molar-refractivity contribution is 0.0939. The van der Waals surface area contributed by atoms with Gasteiger partial charge in [-0.05, 0) is 73.4 Å². The minimum Gasteiger partial charge on any atom is -0.453 e. The lowest BCUT2D eigenvalue weighted by Gasteiger charge is -2.16. The highest BCUT2D eigenvalue weighted by molar-refractivity contribution is 6.30. The normalized spacial score (nSPS) is 11.7. The van der Waals surface area contributed by atoms with Gasteiger partial charge in [-0.3, -0.25) is 9.59 Å². The zero-order chi connectivity index (χ0) is 27.2. The Morgan fingerprint density at radius 2 is 1.76 bits per heavy atom. The maximum atomic E-state index is 13.7. The van der Waals surface area contributed by atoms with E-state index in [1.807, 2.05) is 38.1 Å². The van der Waals surface area contributed by atoms with Crippen LogP contribution in [0, 0.1) is 0 Å². The van der Waals surface area contributed by atoms with Crippen LogP contribution in [-0.2, 0) is 0 Å². The van der Waals surface area contributed by atoms with Crippen LogP contribution in [0.15, 0.2) is 83.8 Å². The second kappa shape index (κ2) is 12.0. The predicted octanol–water partition coefficient (Wildman–Crippen LogP) is 7.07. The van der Waals surface area contributed by atoms with Crippen LogP contribution in [0.5, 0.6) is 11.5 Å². The summed E-state index contributed by atoms with van der Waals surface area (Å²) in [6.07, 6.45) is 2.31. The average Bonchev–Trinajstić information content (AvgIpc) is 2.91. The van der Waals surface area contributed by atoms with Crippen LogP contribution in [-0.4, -0.2) is 21.7 Å². The monoisotopic (exact) mass is 530 g/mol. The number of amides is 1. The third kappa shape index (κ3) is 6.42. The molecule has 4 aromatic rings.